The predicted octanol–water partition coefficient (Wildman–Crippen LogP) is 1.70. The molecule has 0 bridgehead atoms. The third kappa shape index (κ3) is 6.33. The molecule has 1 aromatic rings. The summed E-state index contributed by atoms with van der Waals surface area (Å²) in [6.07, 6.45) is 1.17. The molecule has 0 aromatic heterocycles. The van der Waals surface area contributed by atoms with E-state index < -0.39 is 0 Å². The van der Waals surface area contributed by atoms with E-state index in [0.29, 0.717) is 12.6 Å². The van der Waals surface area contributed by atoms with E-state index in [0.717, 1.165) is 56.6 Å². The minimum atomic E-state index is -0.185. The van der Waals surface area contributed by atoms with Crippen molar-refractivity contribution in [2.45, 2.75) is 38.9 Å². The summed E-state index contributed by atoms with van der Waals surface area (Å²) >= 11 is 0. The maximum absolute atomic E-state index is 11.8. The lowest BCUT2D eigenvalue weighted by Gasteiger charge is -2.32. The van der Waals surface area contributed by atoms with Gasteiger partial charge < -0.3 is 25.6 Å². The van der Waals surface area contributed by atoms with Gasteiger partial charge in [0.25, 0.3) is 0 Å². The number of likely N-dealkylation sites (tertiary alicyclic amines) is 1. The highest BCUT2D eigenvalue weighted by atomic mass is 16.5. The van der Waals surface area contributed by atoms with Crippen molar-refractivity contribution >= 4 is 17.7 Å². The van der Waals surface area contributed by atoms with E-state index in [1.165, 1.54) is 6.42 Å². The van der Waals surface area contributed by atoms with Crippen molar-refractivity contribution in [3.63, 3.8) is 0 Å². The number of ether oxygens (including phenoxy) is 1. The molecule has 1 unspecified atom stereocenters. The molecule has 1 atom stereocenters. The largest absolute Gasteiger partial charge is 0.379 e. The monoisotopic (exact) mass is 402 g/mol. The summed E-state index contributed by atoms with van der Waals surface area (Å²) < 4.78 is 5.47. The summed E-state index contributed by atoms with van der Waals surface area (Å²) in [6.45, 7) is 10.3. The lowest BCUT2D eigenvalue weighted by atomic mass is 10.2. The van der Waals surface area contributed by atoms with Gasteiger partial charge in [-0.25, -0.2) is 4.79 Å². The number of rotatable bonds is 5. The van der Waals surface area contributed by atoms with Gasteiger partial charge in [-0.05, 0) is 38.0 Å². The summed E-state index contributed by atoms with van der Waals surface area (Å²) in [5, 5.41) is 9.13. The normalized spacial score (nSPS) is 20.8. The first kappa shape index (κ1) is 21.4. The van der Waals surface area contributed by atoms with Crippen LogP contribution in [-0.2, 0) is 11.3 Å². The summed E-state index contributed by atoms with van der Waals surface area (Å²) in [5.41, 5.74) is 1.93. The smallest absolute Gasteiger partial charge is 0.319 e. The number of guanidine groups is 1. The van der Waals surface area contributed by atoms with E-state index >= 15 is 0 Å². The van der Waals surface area contributed by atoms with Gasteiger partial charge in [0.1, 0.15) is 0 Å². The van der Waals surface area contributed by atoms with Crippen LogP contribution in [0.15, 0.2) is 29.3 Å². The molecule has 8 nitrogen and oxygen atoms in total. The molecule has 29 heavy (non-hydrogen) atoms. The molecule has 0 spiro atoms. The third-order valence-electron chi connectivity index (χ3n) is 5.32. The lowest BCUT2D eigenvalue weighted by Crippen LogP contribution is -2.46. The number of morpholine rings is 1. The number of carbonyl (C=O) groups is 1. The molecule has 3 rings (SSSR count). The summed E-state index contributed by atoms with van der Waals surface area (Å²) in [7, 11) is 1.84. The molecule has 3 N–H and O–H groups in total. The number of benzene rings is 1. The maximum atomic E-state index is 11.8. The molecule has 2 aliphatic rings. The zero-order valence-electron chi connectivity index (χ0n) is 17.8. The molecule has 0 aliphatic carbocycles. The first-order valence-corrected chi connectivity index (χ1v) is 10.5. The van der Waals surface area contributed by atoms with Crippen molar-refractivity contribution in [2.24, 2.45) is 4.99 Å². The van der Waals surface area contributed by atoms with Crippen LogP contribution in [0.2, 0.25) is 0 Å². The Morgan fingerprint density at radius 1 is 1.21 bits per heavy atom. The number of nitrogens with one attached hydrogen (secondary N) is 3. The van der Waals surface area contributed by atoms with Gasteiger partial charge in [-0.3, -0.25) is 9.89 Å². The molecule has 160 valence electrons. The third-order valence-corrected chi connectivity index (χ3v) is 5.32. The summed E-state index contributed by atoms with van der Waals surface area (Å²) in [4.78, 5) is 21.1. The van der Waals surface area contributed by atoms with Gasteiger partial charge in [-0.2, -0.15) is 0 Å². The molecule has 2 saturated heterocycles. The fourth-order valence-electron chi connectivity index (χ4n) is 3.82. The van der Waals surface area contributed by atoms with E-state index in [9.17, 15) is 4.79 Å². The molecular weight excluding hydrogens is 368 g/mol. The molecule has 0 saturated carbocycles. The average molecular weight is 403 g/mol. The fourth-order valence-corrected chi connectivity index (χ4v) is 3.82. The van der Waals surface area contributed by atoms with Gasteiger partial charge in [0, 0.05) is 57.5 Å². The minimum Gasteiger partial charge on any atom is -0.379 e. The molecular formula is C21H34N6O2. The van der Waals surface area contributed by atoms with Crippen LogP contribution in [0.1, 0.15) is 25.8 Å². The zero-order valence-corrected chi connectivity index (χ0v) is 17.8. The summed E-state index contributed by atoms with van der Waals surface area (Å²) in [6, 6.07) is 8.39. The molecule has 2 fully saturated rings. The average Bonchev–Trinajstić information content (AvgIpc) is 3.20. The SMILES string of the molecule is CN=C(NCc1ccc(NC(=O)NC(C)C)cc1)N1CCC(N2CCOCC2)C1. The van der Waals surface area contributed by atoms with Gasteiger partial charge in [-0.15, -0.1) is 0 Å². The van der Waals surface area contributed by atoms with Crippen molar-refractivity contribution in [3.8, 4) is 0 Å². The fraction of sp³-hybridized carbons (Fsp3) is 0.619. The van der Waals surface area contributed by atoms with Crippen molar-refractivity contribution in [1.82, 2.24) is 20.4 Å². The number of aliphatic imine (C=N–C) groups is 1. The van der Waals surface area contributed by atoms with E-state index in [2.05, 4.69) is 30.7 Å². The highest BCUT2D eigenvalue weighted by molar-refractivity contribution is 5.89. The highest BCUT2D eigenvalue weighted by Crippen LogP contribution is 2.17. The number of hydrogen-bond acceptors (Lipinski definition) is 4. The molecule has 2 amide bonds. The van der Waals surface area contributed by atoms with E-state index in [-0.39, 0.29) is 12.1 Å². The van der Waals surface area contributed by atoms with Crippen LogP contribution in [0.4, 0.5) is 10.5 Å². The summed E-state index contributed by atoms with van der Waals surface area (Å²) in [5.74, 6) is 0.944. The Bertz CT molecular complexity index is 685. The Kier molecular flexibility index (Phi) is 7.71. The number of nitrogens with zero attached hydrogens (tertiary/aromatic N) is 3. The number of carbonyl (C=O) groups excluding carboxylic acids is 1. The second kappa shape index (κ2) is 10.5. The van der Waals surface area contributed by atoms with Crippen molar-refractivity contribution < 1.29 is 9.53 Å². The van der Waals surface area contributed by atoms with Crippen LogP contribution in [0.25, 0.3) is 0 Å². The van der Waals surface area contributed by atoms with Crippen LogP contribution in [0.3, 0.4) is 0 Å². The Morgan fingerprint density at radius 2 is 1.93 bits per heavy atom. The standard InChI is InChI=1S/C21H34N6O2/c1-16(2)24-21(28)25-18-6-4-17(5-7-18)14-23-20(22-3)27-9-8-19(15-27)26-10-12-29-13-11-26/h4-7,16,19H,8-15H2,1-3H3,(H,22,23)(H2,24,25,28). The second-order valence-electron chi connectivity index (χ2n) is 7.89. The van der Waals surface area contributed by atoms with Crippen LogP contribution in [-0.4, -0.2) is 80.3 Å². The Morgan fingerprint density at radius 3 is 2.59 bits per heavy atom. The second-order valence-corrected chi connectivity index (χ2v) is 7.89. The number of anilines is 1. The Balaban J connectivity index is 1.46. The van der Waals surface area contributed by atoms with Crippen molar-refractivity contribution in [1.29, 1.82) is 0 Å². The first-order chi connectivity index (χ1) is 14.0. The van der Waals surface area contributed by atoms with Crippen molar-refractivity contribution in [2.75, 3.05) is 51.8 Å². The van der Waals surface area contributed by atoms with Gasteiger partial charge >= 0.3 is 6.03 Å². The highest BCUT2D eigenvalue weighted by Gasteiger charge is 2.30. The topological polar surface area (TPSA) is 81.2 Å². The minimum absolute atomic E-state index is 0.110. The molecule has 8 heteroatoms. The molecule has 2 aliphatic heterocycles. The Hall–Kier alpha value is -2.32. The quantitative estimate of drug-likeness (QED) is 0.516. The number of urea groups is 1. The van der Waals surface area contributed by atoms with Crippen LogP contribution < -0.4 is 16.0 Å². The van der Waals surface area contributed by atoms with E-state index in [1.54, 1.807) is 0 Å². The van der Waals surface area contributed by atoms with Crippen LogP contribution in [0, 0.1) is 0 Å². The zero-order chi connectivity index (χ0) is 20.6. The maximum Gasteiger partial charge on any atom is 0.319 e. The number of amides is 2. The number of hydrogen-bond donors (Lipinski definition) is 3. The molecule has 0 radical (unpaired) electrons. The van der Waals surface area contributed by atoms with Crippen LogP contribution in [0.5, 0.6) is 0 Å². The van der Waals surface area contributed by atoms with E-state index in [4.69, 9.17) is 4.74 Å². The van der Waals surface area contributed by atoms with Gasteiger partial charge in [0.2, 0.25) is 0 Å². The molecule has 1 aromatic carbocycles. The molecule has 2 heterocycles. The van der Waals surface area contributed by atoms with Gasteiger partial charge in [0.05, 0.1) is 13.2 Å². The lowest BCUT2D eigenvalue weighted by molar-refractivity contribution is 0.0195. The first-order valence-electron chi connectivity index (χ1n) is 10.5. The van der Waals surface area contributed by atoms with Crippen molar-refractivity contribution in [3.05, 3.63) is 29.8 Å². The van der Waals surface area contributed by atoms with E-state index in [1.807, 2.05) is 45.2 Å². The van der Waals surface area contributed by atoms with Crippen LogP contribution >= 0.6 is 0 Å². The predicted molar refractivity (Wildman–Crippen MR) is 116 cm³/mol. The van der Waals surface area contributed by atoms with Gasteiger partial charge in [-0.1, -0.05) is 12.1 Å². The Labute approximate surface area is 173 Å². The van der Waals surface area contributed by atoms with Gasteiger partial charge in [0.15, 0.2) is 5.96 Å².